The van der Waals surface area contributed by atoms with Crippen LogP contribution in [0.2, 0.25) is 0 Å². The molecular formula is C12H15N5O2S. The van der Waals surface area contributed by atoms with Gasteiger partial charge in [-0.1, -0.05) is 0 Å². The van der Waals surface area contributed by atoms with E-state index in [1.807, 2.05) is 0 Å². The number of nitrogens with zero attached hydrogens (tertiary/aromatic N) is 5. The van der Waals surface area contributed by atoms with Crippen molar-refractivity contribution in [1.29, 1.82) is 0 Å². The molecule has 0 bridgehead atoms. The second-order valence-corrected chi connectivity index (χ2v) is 6.70. The highest BCUT2D eigenvalue weighted by Crippen LogP contribution is 2.23. The molecule has 1 fully saturated rings. The van der Waals surface area contributed by atoms with E-state index < -0.39 is 10.0 Å². The van der Waals surface area contributed by atoms with Crippen molar-refractivity contribution >= 4 is 10.0 Å². The van der Waals surface area contributed by atoms with Gasteiger partial charge in [0.1, 0.15) is 0 Å². The van der Waals surface area contributed by atoms with Gasteiger partial charge in [0.2, 0.25) is 10.0 Å². The second kappa shape index (κ2) is 4.95. The van der Waals surface area contributed by atoms with Crippen molar-refractivity contribution in [2.24, 2.45) is 7.05 Å². The zero-order chi connectivity index (χ0) is 14.2. The SMILES string of the molecule is Cn1nnnc1-c1ccc(S(=O)(=O)N2CCCC2)cc1. The molecule has 8 heteroatoms. The fourth-order valence-corrected chi connectivity index (χ4v) is 3.84. The van der Waals surface area contributed by atoms with Crippen LogP contribution in [-0.2, 0) is 17.1 Å². The molecule has 0 saturated carbocycles. The van der Waals surface area contributed by atoms with Crippen LogP contribution in [0.4, 0.5) is 0 Å². The Morgan fingerprint density at radius 3 is 2.30 bits per heavy atom. The van der Waals surface area contributed by atoms with Crippen LogP contribution in [0.1, 0.15) is 12.8 Å². The minimum Gasteiger partial charge on any atom is -0.229 e. The molecule has 0 unspecified atom stereocenters. The van der Waals surface area contributed by atoms with Crippen LogP contribution >= 0.6 is 0 Å². The van der Waals surface area contributed by atoms with E-state index >= 15 is 0 Å². The van der Waals surface area contributed by atoms with Crippen LogP contribution < -0.4 is 0 Å². The minimum atomic E-state index is -3.36. The Hall–Kier alpha value is -1.80. The first kappa shape index (κ1) is 13.2. The van der Waals surface area contributed by atoms with E-state index in [1.165, 1.54) is 4.31 Å². The lowest BCUT2D eigenvalue weighted by molar-refractivity contribution is 0.477. The summed E-state index contributed by atoms with van der Waals surface area (Å²) in [5, 5.41) is 11.2. The van der Waals surface area contributed by atoms with Crippen LogP contribution in [0.15, 0.2) is 29.2 Å². The summed E-state index contributed by atoms with van der Waals surface area (Å²) < 4.78 is 27.8. The molecule has 7 nitrogen and oxygen atoms in total. The standard InChI is InChI=1S/C12H15N5O2S/c1-16-12(13-14-15-16)10-4-6-11(7-5-10)20(18,19)17-8-2-3-9-17/h4-7H,2-3,8-9H2,1H3. The van der Waals surface area contributed by atoms with Crippen molar-refractivity contribution in [1.82, 2.24) is 24.5 Å². The van der Waals surface area contributed by atoms with Crippen molar-refractivity contribution in [2.75, 3.05) is 13.1 Å². The van der Waals surface area contributed by atoms with E-state index in [0.29, 0.717) is 23.8 Å². The number of aryl methyl sites for hydroxylation is 1. The number of benzene rings is 1. The maximum atomic E-state index is 12.4. The van der Waals surface area contributed by atoms with Crippen molar-refractivity contribution in [3.05, 3.63) is 24.3 Å². The lowest BCUT2D eigenvalue weighted by Crippen LogP contribution is -2.27. The Bertz CT molecular complexity index is 702. The van der Waals surface area contributed by atoms with Crippen LogP contribution in [0.3, 0.4) is 0 Å². The summed E-state index contributed by atoms with van der Waals surface area (Å²) in [6.07, 6.45) is 1.86. The van der Waals surface area contributed by atoms with Crippen molar-refractivity contribution in [2.45, 2.75) is 17.7 Å². The van der Waals surface area contributed by atoms with Gasteiger partial charge in [0.05, 0.1) is 4.90 Å². The lowest BCUT2D eigenvalue weighted by Gasteiger charge is -2.15. The van der Waals surface area contributed by atoms with Gasteiger partial charge in [0.15, 0.2) is 5.82 Å². The summed E-state index contributed by atoms with van der Waals surface area (Å²) >= 11 is 0. The Kier molecular flexibility index (Phi) is 3.27. The first-order valence-corrected chi connectivity index (χ1v) is 7.86. The first-order valence-electron chi connectivity index (χ1n) is 6.42. The second-order valence-electron chi connectivity index (χ2n) is 4.76. The fraction of sp³-hybridized carbons (Fsp3) is 0.417. The van der Waals surface area contributed by atoms with E-state index in [2.05, 4.69) is 15.5 Å². The predicted molar refractivity (Wildman–Crippen MR) is 72.2 cm³/mol. The summed E-state index contributed by atoms with van der Waals surface area (Å²) in [5.74, 6) is 0.607. The average molecular weight is 293 g/mol. The number of rotatable bonds is 3. The van der Waals surface area contributed by atoms with Gasteiger partial charge in [-0.3, -0.25) is 0 Å². The normalized spacial score (nSPS) is 16.6. The maximum absolute atomic E-state index is 12.4. The van der Waals surface area contributed by atoms with Gasteiger partial charge in [-0.05, 0) is 47.5 Å². The lowest BCUT2D eigenvalue weighted by atomic mass is 10.2. The summed E-state index contributed by atoms with van der Waals surface area (Å²) in [6.45, 7) is 1.22. The molecule has 0 spiro atoms. The Morgan fingerprint density at radius 1 is 1.10 bits per heavy atom. The maximum Gasteiger partial charge on any atom is 0.243 e. The summed E-state index contributed by atoms with van der Waals surface area (Å²) in [7, 11) is -1.62. The van der Waals surface area contributed by atoms with Gasteiger partial charge in [-0.15, -0.1) is 5.10 Å². The van der Waals surface area contributed by atoms with Crippen LogP contribution in [-0.4, -0.2) is 46.0 Å². The highest BCUT2D eigenvalue weighted by Gasteiger charge is 2.27. The van der Waals surface area contributed by atoms with Crippen molar-refractivity contribution in [3.63, 3.8) is 0 Å². The number of hydrogen-bond acceptors (Lipinski definition) is 5. The fourth-order valence-electron chi connectivity index (χ4n) is 2.33. The molecule has 1 aromatic carbocycles. The van der Waals surface area contributed by atoms with E-state index in [-0.39, 0.29) is 0 Å². The van der Waals surface area contributed by atoms with Gasteiger partial charge in [-0.2, -0.15) is 4.31 Å². The Morgan fingerprint density at radius 2 is 1.75 bits per heavy atom. The number of hydrogen-bond donors (Lipinski definition) is 0. The van der Waals surface area contributed by atoms with Gasteiger partial charge < -0.3 is 0 Å². The molecule has 1 aliphatic rings. The molecule has 0 N–H and O–H groups in total. The number of tetrazole rings is 1. The molecule has 3 rings (SSSR count). The number of aromatic nitrogens is 4. The molecule has 1 saturated heterocycles. The molecule has 106 valence electrons. The van der Waals surface area contributed by atoms with E-state index in [0.717, 1.165) is 18.4 Å². The van der Waals surface area contributed by atoms with Crippen LogP contribution in [0.25, 0.3) is 11.4 Å². The molecule has 1 aromatic heterocycles. The molecule has 0 aliphatic carbocycles. The highest BCUT2D eigenvalue weighted by atomic mass is 32.2. The van der Waals surface area contributed by atoms with E-state index in [9.17, 15) is 8.42 Å². The Labute approximate surface area is 117 Å². The summed E-state index contributed by atoms with van der Waals surface area (Å²) in [5.41, 5.74) is 0.790. The van der Waals surface area contributed by atoms with Gasteiger partial charge >= 0.3 is 0 Å². The molecule has 20 heavy (non-hydrogen) atoms. The highest BCUT2D eigenvalue weighted by molar-refractivity contribution is 7.89. The third-order valence-corrected chi connectivity index (χ3v) is 5.35. The van der Waals surface area contributed by atoms with E-state index in [1.54, 1.807) is 36.0 Å². The van der Waals surface area contributed by atoms with Gasteiger partial charge in [-0.25, -0.2) is 13.1 Å². The molecular weight excluding hydrogens is 278 g/mol. The summed E-state index contributed by atoms with van der Waals surface area (Å²) in [4.78, 5) is 0.318. The van der Waals surface area contributed by atoms with E-state index in [4.69, 9.17) is 0 Å². The molecule has 0 amide bonds. The molecule has 1 aliphatic heterocycles. The quantitative estimate of drug-likeness (QED) is 0.830. The minimum absolute atomic E-state index is 0.318. The van der Waals surface area contributed by atoms with Crippen LogP contribution in [0.5, 0.6) is 0 Å². The average Bonchev–Trinajstić information content (AvgIpc) is 3.10. The monoisotopic (exact) mass is 293 g/mol. The number of sulfonamides is 1. The predicted octanol–water partition coefficient (Wildman–Crippen LogP) is 0.662. The van der Waals surface area contributed by atoms with Crippen molar-refractivity contribution in [3.8, 4) is 11.4 Å². The first-order chi connectivity index (χ1) is 9.59. The zero-order valence-corrected chi connectivity index (χ0v) is 11.9. The molecule has 2 aromatic rings. The van der Waals surface area contributed by atoms with Gasteiger partial charge in [0, 0.05) is 25.7 Å². The largest absolute Gasteiger partial charge is 0.243 e. The Balaban J connectivity index is 1.92. The zero-order valence-electron chi connectivity index (χ0n) is 11.1. The summed E-state index contributed by atoms with van der Waals surface area (Å²) in [6, 6.07) is 6.68. The topological polar surface area (TPSA) is 81.0 Å². The molecule has 0 radical (unpaired) electrons. The molecule has 2 heterocycles. The third kappa shape index (κ3) is 2.20. The van der Waals surface area contributed by atoms with Crippen LogP contribution in [0, 0.1) is 0 Å². The van der Waals surface area contributed by atoms with Gasteiger partial charge in [0.25, 0.3) is 0 Å². The molecule has 0 atom stereocenters. The third-order valence-electron chi connectivity index (χ3n) is 3.44. The van der Waals surface area contributed by atoms with Crippen molar-refractivity contribution < 1.29 is 8.42 Å². The smallest absolute Gasteiger partial charge is 0.229 e.